The minimum atomic E-state index is -0.0262. The van der Waals surface area contributed by atoms with E-state index in [0.29, 0.717) is 0 Å². The van der Waals surface area contributed by atoms with Crippen molar-refractivity contribution in [3.8, 4) is 0 Å². The van der Waals surface area contributed by atoms with E-state index < -0.39 is 0 Å². The van der Waals surface area contributed by atoms with Crippen molar-refractivity contribution in [1.82, 2.24) is 15.6 Å². The second kappa shape index (κ2) is 8.48. The molecule has 1 aromatic heterocycles. The number of nitrogens with zero attached hydrogens (tertiary/aromatic N) is 1. The van der Waals surface area contributed by atoms with Gasteiger partial charge in [-0.05, 0) is 29.7 Å². The lowest BCUT2D eigenvalue weighted by molar-refractivity contribution is 0.0935. The van der Waals surface area contributed by atoms with Gasteiger partial charge < -0.3 is 10.6 Å². The quantitative estimate of drug-likeness (QED) is 0.878. The third kappa shape index (κ3) is 3.98. The fraction of sp³-hybridized carbons (Fsp3) is 0.333. The zero-order valence-corrected chi connectivity index (χ0v) is 14.6. The van der Waals surface area contributed by atoms with Crippen molar-refractivity contribution in [2.75, 3.05) is 0 Å². The molecule has 0 spiro atoms. The molecule has 1 amide bonds. The summed E-state index contributed by atoms with van der Waals surface area (Å²) < 4.78 is 0. The van der Waals surface area contributed by atoms with E-state index in [9.17, 15) is 4.79 Å². The van der Waals surface area contributed by atoms with E-state index in [0.717, 1.165) is 30.1 Å². The highest BCUT2D eigenvalue weighted by molar-refractivity contribution is 7.09. The molecule has 1 unspecified atom stereocenters. The number of fused-ring (bicyclic) bond motifs is 1. The van der Waals surface area contributed by atoms with E-state index in [1.807, 2.05) is 23.6 Å². The highest BCUT2D eigenvalue weighted by Gasteiger charge is 2.18. The highest BCUT2D eigenvalue weighted by atomic mass is 35.5. The van der Waals surface area contributed by atoms with Crippen molar-refractivity contribution in [2.24, 2.45) is 0 Å². The van der Waals surface area contributed by atoms with Gasteiger partial charge in [-0.3, -0.25) is 4.79 Å². The number of hydrogen-bond donors (Lipinski definition) is 2. The van der Waals surface area contributed by atoms with Gasteiger partial charge >= 0.3 is 0 Å². The van der Waals surface area contributed by atoms with Crippen LogP contribution in [0.5, 0.6) is 0 Å². The summed E-state index contributed by atoms with van der Waals surface area (Å²) in [5.74, 6) is -0.0262. The predicted molar refractivity (Wildman–Crippen MR) is 94.1 cm³/mol. The maximum atomic E-state index is 12.4. The summed E-state index contributed by atoms with van der Waals surface area (Å²) in [5.41, 5.74) is 3.23. The van der Waals surface area contributed by atoms with Gasteiger partial charge in [-0.1, -0.05) is 13.0 Å². The van der Waals surface area contributed by atoms with E-state index in [1.165, 1.54) is 11.1 Å². The molecule has 2 heterocycles. The molecule has 0 bridgehead atoms. The number of carbonyl (C=O) groups is 1. The minimum absolute atomic E-state index is 0. The molecule has 0 fully saturated rings. The van der Waals surface area contributed by atoms with Gasteiger partial charge in [-0.25, -0.2) is 4.98 Å². The number of nitrogens with one attached hydrogen (secondary N) is 2. The summed E-state index contributed by atoms with van der Waals surface area (Å²) in [6.07, 6.45) is 2.61. The van der Waals surface area contributed by atoms with Gasteiger partial charge in [0.2, 0.25) is 0 Å². The smallest absolute Gasteiger partial charge is 0.251 e. The second-order valence-corrected chi connectivity index (χ2v) is 5.82. The molecular formula is C15H19Cl2N3OS. The van der Waals surface area contributed by atoms with Gasteiger partial charge in [0, 0.05) is 30.2 Å². The van der Waals surface area contributed by atoms with E-state index in [4.69, 9.17) is 0 Å². The van der Waals surface area contributed by atoms with Crippen LogP contribution in [0.4, 0.5) is 0 Å². The van der Waals surface area contributed by atoms with Crippen LogP contribution < -0.4 is 10.6 Å². The molecule has 0 radical (unpaired) electrons. The molecule has 2 aromatic rings. The molecule has 1 aromatic carbocycles. The van der Waals surface area contributed by atoms with Crippen LogP contribution in [0.1, 0.15) is 45.9 Å². The van der Waals surface area contributed by atoms with Crippen molar-refractivity contribution < 1.29 is 4.79 Å². The number of carbonyl (C=O) groups excluding carboxylic acids is 1. The molecule has 0 aliphatic carbocycles. The Kier molecular flexibility index (Phi) is 7.29. The Labute approximate surface area is 146 Å². The molecule has 3 rings (SSSR count). The number of thiazole rings is 1. The monoisotopic (exact) mass is 359 g/mol. The van der Waals surface area contributed by atoms with Crippen molar-refractivity contribution in [1.29, 1.82) is 0 Å². The standard InChI is InChI=1S/C15H17N3OS.2ClH/c1-2-13(15-17-5-6-20-15)18-14(19)10-3-4-11-8-16-9-12(11)7-10;;/h3-7,13,16H,2,8-9H2,1H3,(H,18,19);2*1H. The molecule has 22 heavy (non-hydrogen) atoms. The van der Waals surface area contributed by atoms with E-state index in [-0.39, 0.29) is 36.8 Å². The Morgan fingerprint density at radius 1 is 1.36 bits per heavy atom. The van der Waals surface area contributed by atoms with Crippen LogP contribution in [0.2, 0.25) is 0 Å². The van der Waals surface area contributed by atoms with Gasteiger partial charge in [0.25, 0.3) is 5.91 Å². The number of aromatic nitrogens is 1. The lowest BCUT2D eigenvalue weighted by Gasteiger charge is -2.14. The van der Waals surface area contributed by atoms with Gasteiger partial charge in [-0.2, -0.15) is 0 Å². The Hall–Kier alpha value is -1.14. The summed E-state index contributed by atoms with van der Waals surface area (Å²) in [6, 6.07) is 5.91. The first-order valence-corrected chi connectivity index (χ1v) is 7.68. The summed E-state index contributed by atoms with van der Waals surface area (Å²) >= 11 is 1.58. The van der Waals surface area contributed by atoms with Crippen LogP contribution in [-0.4, -0.2) is 10.9 Å². The lowest BCUT2D eigenvalue weighted by Crippen LogP contribution is -2.28. The van der Waals surface area contributed by atoms with Crippen LogP contribution >= 0.6 is 36.2 Å². The average molecular weight is 360 g/mol. The Bertz CT molecular complexity index is 619. The Balaban J connectivity index is 0.00000121. The maximum Gasteiger partial charge on any atom is 0.251 e. The topological polar surface area (TPSA) is 54.0 Å². The molecule has 120 valence electrons. The van der Waals surface area contributed by atoms with Crippen LogP contribution in [0.25, 0.3) is 0 Å². The summed E-state index contributed by atoms with van der Waals surface area (Å²) in [4.78, 5) is 16.6. The predicted octanol–water partition coefficient (Wildman–Crippen LogP) is 3.47. The van der Waals surface area contributed by atoms with Gasteiger partial charge in [0.1, 0.15) is 5.01 Å². The molecule has 7 heteroatoms. The summed E-state index contributed by atoms with van der Waals surface area (Å²) in [6.45, 7) is 3.80. The van der Waals surface area contributed by atoms with Crippen molar-refractivity contribution in [3.63, 3.8) is 0 Å². The zero-order valence-electron chi connectivity index (χ0n) is 12.2. The minimum Gasteiger partial charge on any atom is -0.343 e. The third-order valence-electron chi connectivity index (χ3n) is 3.56. The fourth-order valence-corrected chi connectivity index (χ4v) is 3.20. The second-order valence-electron chi connectivity index (χ2n) is 4.89. The summed E-state index contributed by atoms with van der Waals surface area (Å²) in [5, 5.41) is 9.25. The lowest BCUT2D eigenvalue weighted by atomic mass is 10.1. The van der Waals surface area contributed by atoms with Crippen LogP contribution in [0.15, 0.2) is 29.8 Å². The molecule has 4 nitrogen and oxygen atoms in total. The number of benzene rings is 1. The SMILES string of the molecule is CCC(NC(=O)c1ccc2c(c1)CNC2)c1nccs1.Cl.Cl. The average Bonchev–Trinajstić information content (AvgIpc) is 3.14. The largest absolute Gasteiger partial charge is 0.343 e. The van der Waals surface area contributed by atoms with E-state index in [1.54, 1.807) is 17.5 Å². The number of rotatable bonds is 4. The molecule has 1 aliphatic rings. The van der Waals surface area contributed by atoms with E-state index in [2.05, 4.69) is 22.5 Å². The first kappa shape index (κ1) is 18.9. The Morgan fingerprint density at radius 2 is 2.14 bits per heavy atom. The van der Waals surface area contributed by atoms with Crippen LogP contribution in [0.3, 0.4) is 0 Å². The molecule has 0 saturated heterocycles. The van der Waals surface area contributed by atoms with Gasteiger partial charge in [-0.15, -0.1) is 36.2 Å². The van der Waals surface area contributed by atoms with Crippen LogP contribution in [0, 0.1) is 0 Å². The molecule has 0 saturated carbocycles. The van der Waals surface area contributed by atoms with Crippen molar-refractivity contribution in [3.05, 3.63) is 51.5 Å². The number of halogens is 2. The van der Waals surface area contributed by atoms with Crippen molar-refractivity contribution in [2.45, 2.75) is 32.5 Å². The molecule has 1 aliphatic heterocycles. The Morgan fingerprint density at radius 3 is 2.82 bits per heavy atom. The van der Waals surface area contributed by atoms with Crippen LogP contribution in [-0.2, 0) is 13.1 Å². The number of hydrogen-bond acceptors (Lipinski definition) is 4. The normalized spacial score (nSPS) is 13.5. The zero-order chi connectivity index (χ0) is 13.9. The highest BCUT2D eigenvalue weighted by Crippen LogP contribution is 2.21. The maximum absolute atomic E-state index is 12.4. The summed E-state index contributed by atoms with van der Waals surface area (Å²) in [7, 11) is 0. The third-order valence-corrected chi connectivity index (χ3v) is 4.45. The number of amides is 1. The van der Waals surface area contributed by atoms with Crippen molar-refractivity contribution >= 4 is 42.1 Å². The first-order chi connectivity index (χ1) is 9.78. The fourth-order valence-electron chi connectivity index (χ4n) is 2.42. The molecule has 2 N–H and O–H groups in total. The van der Waals surface area contributed by atoms with Gasteiger partial charge in [0.15, 0.2) is 0 Å². The van der Waals surface area contributed by atoms with E-state index >= 15 is 0 Å². The molecular weight excluding hydrogens is 341 g/mol. The molecule has 1 atom stereocenters. The first-order valence-electron chi connectivity index (χ1n) is 6.80. The van der Waals surface area contributed by atoms with Gasteiger partial charge in [0.05, 0.1) is 6.04 Å².